The lowest BCUT2D eigenvalue weighted by molar-refractivity contribution is -0.149. The van der Waals surface area contributed by atoms with E-state index in [0.29, 0.717) is 0 Å². The van der Waals surface area contributed by atoms with Crippen molar-refractivity contribution in [1.82, 2.24) is 0 Å². The molecular weight excluding hydrogens is 183 g/mol. The van der Waals surface area contributed by atoms with Crippen LogP contribution in [0, 0.1) is 0 Å². The van der Waals surface area contributed by atoms with Crippen LogP contribution in [0.5, 0.6) is 0 Å². The summed E-state index contributed by atoms with van der Waals surface area (Å²) in [5.74, 6) is -0.348. The zero-order valence-electron chi connectivity index (χ0n) is 7.02. The van der Waals surface area contributed by atoms with Crippen LogP contribution in [0.1, 0.15) is 20.3 Å². The summed E-state index contributed by atoms with van der Waals surface area (Å²) in [6, 6.07) is 0. The van der Waals surface area contributed by atoms with Crippen molar-refractivity contribution < 1.29 is 23.5 Å². The molecule has 6 heteroatoms. The van der Waals surface area contributed by atoms with Gasteiger partial charge in [0, 0.05) is 11.0 Å². The molecule has 0 heterocycles. The summed E-state index contributed by atoms with van der Waals surface area (Å²) in [5, 5.41) is 0. The van der Waals surface area contributed by atoms with Crippen molar-refractivity contribution in [3.05, 3.63) is 0 Å². The Kier molecular flexibility index (Phi) is 5.80. The van der Waals surface area contributed by atoms with Crippen LogP contribution in [0.4, 0.5) is 0 Å². The van der Waals surface area contributed by atoms with Crippen LogP contribution in [0.25, 0.3) is 0 Å². The van der Waals surface area contributed by atoms with Crippen molar-refractivity contribution in [1.29, 1.82) is 0 Å². The predicted molar refractivity (Wildman–Crippen MR) is 41.6 cm³/mol. The molecule has 0 radical (unpaired) electrons. The summed E-state index contributed by atoms with van der Waals surface area (Å²) in [5.41, 5.74) is 0. The zero-order valence-corrected chi connectivity index (χ0v) is 7.91. The number of carbonyl (C=O) groups excluding carboxylic acids is 1. The lowest BCUT2D eigenvalue weighted by Gasteiger charge is -2.07. The molecule has 2 atom stereocenters. The van der Waals surface area contributed by atoms with Crippen molar-refractivity contribution in [2.45, 2.75) is 26.4 Å². The monoisotopic (exact) mass is 195 g/mol. The third kappa shape index (κ3) is 6.22. The largest absolute Gasteiger partial charge is 0.694 e. The van der Waals surface area contributed by atoms with Crippen molar-refractivity contribution in [3.8, 4) is 0 Å². The lowest BCUT2D eigenvalue weighted by atomic mass is 10.4. The van der Waals surface area contributed by atoms with E-state index in [1.54, 1.807) is 13.8 Å². The fraction of sp³-hybridized carbons (Fsp3) is 0.833. The predicted octanol–water partition coefficient (Wildman–Crippen LogP) is 0.994. The Morgan fingerprint density at radius 3 is 2.67 bits per heavy atom. The van der Waals surface area contributed by atoms with E-state index in [-0.39, 0.29) is 19.0 Å². The van der Waals surface area contributed by atoms with Gasteiger partial charge < -0.3 is 4.74 Å². The molecule has 5 nitrogen and oxygen atoms in total. The maximum absolute atomic E-state index is 10.7. The van der Waals surface area contributed by atoms with Crippen LogP contribution in [0.15, 0.2) is 0 Å². The first-order valence-electron chi connectivity index (χ1n) is 3.54. The van der Waals surface area contributed by atoms with Crippen molar-refractivity contribution in [3.63, 3.8) is 0 Å². The number of ether oxygens (including phenoxy) is 1. The molecule has 0 saturated carbocycles. The highest BCUT2D eigenvalue weighted by molar-refractivity contribution is 7.32. The molecule has 0 aliphatic heterocycles. The molecule has 0 aliphatic carbocycles. The highest BCUT2D eigenvalue weighted by Gasteiger charge is 2.16. The van der Waals surface area contributed by atoms with E-state index in [2.05, 4.69) is 4.52 Å². The van der Waals surface area contributed by atoms with Gasteiger partial charge in [-0.3, -0.25) is 4.79 Å². The molecule has 0 bridgehead atoms. The first-order valence-corrected chi connectivity index (χ1v) is 4.67. The normalized spacial score (nSPS) is 13.8. The summed E-state index contributed by atoms with van der Waals surface area (Å²) in [7, 11) is -2.60. The van der Waals surface area contributed by atoms with Crippen LogP contribution in [0.3, 0.4) is 0 Å². The van der Waals surface area contributed by atoms with Crippen LogP contribution >= 0.6 is 8.25 Å². The number of hydrogen-bond donors (Lipinski definition) is 1. The van der Waals surface area contributed by atoms with Crippen LogP contribution in [0.2, 0.25) is 0 Å². The Hall–Kier alpha value is -0.510. The summed E-state index contributed by atoms with van der Waals surface area (Å²) in [6.07, 6.45) is -0.196. The maximum atomic E-state index is 10.7. The van der Waals surface area contributed by atoms with Gasteiger partial charge in [-0.25, -0.2) is 0 Å². The minimum absolute atomic E-state index is 0.0581. The van der Waals surface area contributed by atoms with E-state index in [1.807, 2.05) is 0 Å². The van der Waals surface area contributed by atoms with Gasteiger partial charge in [0.15, 0.2) is 0 Å². The Balaban J connectivity index is 3.52. The smallest absolute Gasteiger partial charge is 0.460 e. The van der Waals surface area contributed by atoms with Crippen molar-refractivity contribution in [2.75, 3.05) is 6.61 Å². The highest BCUT2D eigenvalue weighted by Crippen LogP contribution is 2.14. The summed E-state index contributed by atoms with van der Waals surface area (Å²) in [4.78, 5) is 18.9. The molecule has 0 aromatic carbocycles. The lowest BCUT2D eigenvalue weighted by Crippen LogP contribution is -2.18. The summed E-state index contributed by atoms with van der Waals surface area (Å²) < 4.78 is 19.1. The summed E-state index contributed by atoms with van der Waals surface area (Å²) >= 11 is 0. The quantitative estimate of drug-likeness (QED) is 0.523. The Morgan fingerprint density at radius 2 is 2.25 bits per heavy atom. The van der Waals surface area contributed by atoms with Gasteiger partial charge in [0.25, 0.3) is 0 Å². The number of hydrogen-bond acceptors (Lipinski definition) is 4. The Morgan fingerprint density at radius 1 is 1.67 bits per heavy atom. The van der Waals surface area contributed by atoms with Gasteiger partial charge in [0.2, 0.25) is 0 Å². The van der Waals surface area contributed by atoms with Crippen molar-refractivity contribution in [2.24, 2.45) is 0 Å². The molecule has 0 aromatic heterocycles. The van der Waals surface area contributed by atoms with E-state index in [1.165, 1.54) is 0 Å². The van der Waals surface area contributed by atoms with E-state index in [9.17, 15) is 9.36 Å². The van der Waals surface area contributed by atoms with Gasteiger partial charge in [-0.15, -0.1) is 9.42 Å². The van der Waals surface area contributed by atoms with Crippen molar-refractivity contribution >= 4 is 14.2 Å². The second kappa shape index (κ2) is 6.06. The standard InChI is InChI=1S/C6H11O5P/c1-3-6(7)11-5(2)4-10-12(8)9/h5H,3-4H2,1-2H3/p+1. The minimum atomic E-state index is -2.60. The molecule has 0 saturated heterocycles. The molecule has 0 aliphatic rings. The van der Waals surface area contributed by atoms with Gasteiger partial charge in [-0.05, 0) is 6.92 Å². The van der Waals surface area contributed by atoms with E-state index in [0.717, 1.165) is 0 Å². The molecule has 2 unspecified atom stereocenters. The number of rotatable bonds is 5. The summed E-state index contributed by atoms with van der Waals surface area (Å²) in [6.45, 7) is 3.20. The number of esters is 1. The second-order valence-electron chi connectivity index (χ2n) is 2.19. The van der Waals surface area contributed by atoms with Gasteiger partial charge in [0.05, 0.1) is 0 Å². The minimum Gasteiger partial charge on any atom is -0.460 e. The average Bonchev–Trinajstić information content (AvgIpc) is 2.00. The van der Waals surface area contributed by atoms with Crippen LogP contribution in [-0.4, -0.2) is 23.6 Å². The molecule has 0 fully saturated rings. The molecule has 0 rings (SSSR count). The zero-order chi connectivity index (χ0) is 9.56. The molecule has 1 N–H and O–H groups in total. The molecule has 0 spiro atoms. The Labute approximate surface area is 71.6 Å². The second-order valence-corrected chi connectivity index (χ2v) is 2.92. The topological polar surface area (TPSA) is 72.8 Å². The van der Waals surface area contributed by atoms with Gasteiger partial charge in [0.1, 0.15) is 12.7 Å². The molecule has 0 aromatic rings. The van der Waals surface area contributed by atoms with E-state index >= 15 is 0 Å². The number of carbonyl (C=O) groups is 1. The fourth-order valence-corrected chi connectivity index (χ4v) is 0.848. The highest BCUT2D eigenvalue weighted by atomic mass is 31.1. The third-order valence-electron chi connectivity index (χ3n) is 1.04. The van der Waals surface area contributed by atoms with E-state index in [4.69, 9.17) is 9.63 Å². The van der Waals surface area contributed by atoms with Gasteiger partial charge in [-0.2, -0.15) is 0 Å². The van der Waals surface area contributed by atoms with E-state index < -0.39 is 14.4 Å². The maximum Gasteiger partial charge on any atom is 0.694 e. The first-order chi connectivity index (χ1) is 5.56. The Bertz CT molecular complexity index is 169. The molecular formula is C6H12O5P+. The molecule has 0 amide bonds. The molecule has 70 valence electrons. The third-order valence-corrected chi connectivity index (χ3v) is 1.41. The van der Waals surface area contributed by atoms with Gasteiger partial charge in [-0.1, -0.05) is 6.92 Å². The average molecular weight is 195 g/mol. The van der Waals surface area contributed by atoms with Crippen LogP contribution in [-0.2, 0) is 18.6 Å². The van der Waals surface area contributed by atoms with Gasteiger partial charge >= 0.3 is 14.2 Å². The first kappa shape index (κ1) is 11.5. The molecule has 12 heavy (non-hydrogen) atoms. The fourth-order valence-electron chi connectivity index (χ4n) is 0.510. The SMILES string of the molecule is CCC(=O)OC(C)CO[P+](=O)O. The van der Waals surface area contributed by atoms with Crippen LogP contribution < -0.4 is 0 Å².